The van der Waals surface area contributed by atoms with Gasteiger partial charge in [-0.15, -0.1) is 0 Å². The van der Waals surface area contributed by atoms with Gasteiger partial charge in [-0.25, -0.2) is 4.79 Å². The van der Waals surface area contributed by atoms with E-state index in [1.807, 2.05) is 24.3 Å². The standard InChI is InChI=1S/C19H18O3/c1-18(17(20)21)12-19(10-11-22-18)15-8-4-2-6-13(15)14-7-3-5-9-16(14)19/h2-9H,10-12H2,1H3,(H,20,21). The Kier molecular flexibility index (Phi) is 2.73. The molecule has 2 aromatic rings. The number of rotatable bonds is 1. The molecule has 3 heteroatoms. The Bertz CT molecular complexity index is 719. The largest absolute Gasteiger partial charge is 0.479 e. The molecule has 0 aromatic heterocycles. The quantitative estimate of drug-likeness (QED) is 0.874. The van der Waals surface area contributed by atoms with Crippen molar-refractivity contribution in [1.82, 2.24) is 0 Å². The summed E-state index contributed by atoms with van der Waals surface area (Å²) in [5, 5.41) is 9.61. The Balaban J connectivity index is 1.96. The SMILES string of the molecule is CC1(C(=O)O)CC2(CCO1)c1ccccc1-c1ccccc12. The van der Waals surface area contributed by atoms with Crippen LogP contribution in [0.1, 0.15) is 30.9 Å². The molecule has 22 heavy (non-hydrogen) atoms. The van der Waals surface area contributed by atoms with Gasteiger partial charge in [0.05, 0.1) is 0 Å². The van der Waals surface area contributed by atoms with Crippen molar-refractivity contribution in [3.05, 3.63) is 59.7 Å². The summed E-state index contributed by atoms with van der Waals surface area (Å²) in [5.74, 6) is -0.881. The average molecular weight is 294 g/mol. The van der Waals surface area contributed by atoms with E-state index in [0.717, 1.165) is 6.42 Å². The maximum atomic E-state index is 11.7. The maximum absolute atomic E-state index is 11.7. The molecular formula is C19H18O3. The Morgan fingerprint density at radius 1 is 1.05 bits per heavy atom. The number of ether oxygens (including phenoxy) is 1. The Labute approximate surface area is 129 Å². The van der Waals surface area contributed by atoms with E-state index in [0.29, 0.717) is 13.0 Å². The highest BCUT2D eigenvalue weighted by Gasteiger charge is 2.52. The van der Waals surface area contributed by atoms with E-state index in [1.165, 1.54) is 22.3 Å². The number of carbonyl (C=O) groups is 1. The molecule has 1 N–H and O–H groups in total. The van der Waals surface area contributed by atoms with Crippen molar-refractivity contribution < 1.29 is 14.6 Å². The minimum atomic E-state index is -1.14. The number of carboxylic acid groups (broad SMARTS) is 1. The van der Waals surface area contributed by atoms with E-state index in [2.05, 4.69) is 24.3 Å². The van der Waals surface area contributed by atoms with E-state index in [9.17, 15) is 9.90 Å². The third-order valence-corrected chi connectivity index (χ3v) is 5.22. The van der Waals surface area contributed by atoms with Gasteiger partial charge in [0, 0.05) is 18.4 Å². The van der Waals surface area contributed by atoms with Crippen molar-refractivity contribution in [3.63, 3.8) is 0 Å². The van der Waals surface area contributed by atoms with Crippen molar-refractivity contribution in [3.8, 4) is 11.1 Å². The molecule has 1 fully saturated rings. The number of benzene rings is 2. The van der Waals surface area contributed by atoms with E-state index in [1.54, 1.807) is 6.92 Å². The molecule has 1 aliphatic carbocycles. The number of fused-ring (bicyclic) bond motifs is 5. The van der Waals surface area contributed by atoms with E-state index in [4.69, 9.17) is 4.74 Å². The summed E-state index contributed by atoms with van der Waals surface area (Å²) < 4.78 is 5.64. The zero-order valence-electron chi connectivity index (χ0n) is 12.5. The number of hydrogen-bond donors (Lipinski definition) is 1. The minimum absolute atomic E-state index is 0.251. The van der Waals surface area contributed by atoms with Crippen molar-refractivity contribution in [1.29, 1.82) is 0 Å². The van der Waals surface area contributed by atoms with Crippen molar-refractivity contribution in [2.75, 3.05) is 6.61 Å². The highest BCUT2D eigenvalue weighted by atomic mass is 16.5. The molecule has 1 unspecified atom stereocenters. The fraction of sp³-hybridized carbons (Fsp3) is 0.316. The Morgan fingerprint density at radius 3 is 2.14 bits per heavy atom. The van der Waals surface area contributed by atoms with Gasteiger partial charge in [-0.2, -0.15) is 0 Å². The topological polar surface area (TPSA) is 46.5 Å². The van der Waals surface area contributed by atoms with E-state index < -0.39 is 11.6 Å². The molecule has 2 aliphatic rings. The molecule has 3 nitrogen and oxygen atoms in total. The van der Waals surface area contributed by atoms with Crippen LogP contribution in [0.15, 0.2) is 48.5 Å². The molecule has 2 aromatic carbocycles. The van der Waals surface area contributed by atoms with Crippen LogP contribution in [0, 0.1) is 0 Å². The first-order valence-electron chi connectivity index (χ1n) is 7.64. The second-order valence-electron chi connectivity index (χ2n) is 6.48. The molecule has 1 aliphatic heterocycles. The fourth-order valence-corrected chi connectivity index (χ4v) is 4.18. The lowest BCUT2D eigenvalue weighted by Gasteiger charge is -2.43. The molecule has 0 radical (unpaired) electrons. The molecular weight excluding hydrogens is 276 g/mol. The summed E-state index contributed by atoms with van der Waals surface area (Å²) >= 11 is 0. The smallest absolute Gasteiger partial charge is 0.335 e. The molecule has 0 amide bonds. The lowest BCUT2D eigenvalue weighted by atomic mass is 9.67. The lowest BCUT2D eigenvalue weighted by Crippen LogP contribution is -2.50. The number of hydrogen-bond acceptors (Lipinski definition) is 2. The van der Waals surface area contributed by atoms with Crippen molar-refractivity contribution in [2.24, 2.45) is 0 Å². The summed E-state index contributed by atoms with van der Waals surface area (Å²) in [4.78, 5) is 11.7. The second-order valence-corrected chi connectivity index (χ2v) is 6.48. The van der Waals surface area contributed by atoms with Gasteiger partial charge in [-0.3, -0.25) is 0 Å². The van der Waals surface area contributed by atoms with Crippen molar-refractivity contribution in [2.45, 2.75) is 30.8 Å². The summed E-state index contributed by atoms with van der Waals surface area (Å²) in [6, 6.07) is 16.7. The lowest BCUT2D eigenvalue weighted by molar-refractivity contribution is -0.172. The average Bonchev–Trinajstić information content (AvgIpc) is 2.79. The third-order valence-electron chi connectivity index (χ3n) is 5.22. The molecule has 0 saturated carbocycles. The van der Waals surface area contributed by atoms with Gasteiger partial charge in [0.15, 0.2) is 5.60 Å². The van der Waals surface area contributed by atoms with Gasteiger partial charge in [0.2, 0.25) is 0 Å². The molecule has 1 spiro atoms. The van der Waals surface area contributed by atoms with E-state index in [-0.39, 0.29) is 5.41 Å². The minimum Gasteiger partial charge on any atom is -0.479 e. The molecule has 1 saturated heterocycles. The first-order valence-corrected chi connectivity index (χ1v) is 7.64. The van der Waals surface area contributed by atoms with Crippen LogP contribution in [0.25, 0.3) is 11.1 Å². The molecule has 0 bridgehead atoms. The summed E-state index contributed by atoms with van der Waals surface area (Å²) in [6.45, 7) is 2.16. The molecule has 112 valence electrons. The van der Waals surface area contributed by atoms with Crippen LogP contribution in [0.3, 0.4) is 0 Å². The summed E-state index contributed by atoms with van der Waals surface area (Å²) in [5.41, 5.74) is 3.56. The van der Waals surface area contributed by atoms with Crippen molar-refractivity contribution >= 4 is 5.97 Å². The molecule has 1 heterocycles. The zero-order chi connectivity index (χ0) is 15.4. The highest BCUT2D eigenvalue weighted by Crippen LogP contribution is 2.56. The van der Waals surface area contributed by atoms with Crippen LogP contribution in [0.5, 0.6) is 0 Å². The Morgan fingerprint density at radius 2 is 1.59 bits per heavy atom. The third kappa shape index (κ3) is 1.63. The summed E-state index contributed by atoms with van der Waals surface area (Å²) in [7, 11) is 0. The van der Waals surface area contributed by atoms with Gasteiger partial charge >= 0.3 is 5.97 Å². The normalized spacial score (nSPS) is 24.8. The van der Waals surface area contributed by atoms with Gasteiger partial charge < -0.3 is 9.84 Å². The van der Waals surface area contributed by atoms with Gasteiger partial charge in [-0.1, -0.05) is 48.5 Å². The predicted molar refractivity (Wildman–Crippen MR) is 83.9 cm³/mol. The van der Waals surface area contributed by atoms with Crippen LogP contribution in [-0.2, 0) is 14.9 Å². The molecule has 1 atom stereocenters. The van der Waals surface area contributed by atoms with Crippen LogP contribution in [0.4, 0.5) is 0 Å². The van der Waals surface area contributed by atoms with Crippen LogP contribution in [0.2, 0.25) is 0 Å². The van der Waals surface area contributed by atoms with Crippen LogP contribution in [-0.4, -0.2) is 23.3 Å². The monoisotopic (exact) mass is 294 g/mol. The van der Waals surface area contributed by atoms with Crippen LogP contribution >= 0.6 is 0 Å². The number of aliphatic carboxylic acids is 1. The van der Waals surface area contributed by atoms with Gasteiger partial charge in [0.1, 0.15) is 0 Å². The van der Waals surface area contributed by atoms with Gasteiger partial charge in [-0.05, 0) is 35.6 Å². The second kappa shape index (κ2) is 4.43. The Hall–Kier alpha value is -2.13. The summed E-state index contributed by atoms with van der Waals surface area (Å²) in [6.07, 6.45) is 1.30. The van der Waals surface area contributed by atoms with Crippen LogP contribution < -0.4 is 0 Å². The zero-order valence-corrected chi connectivity index (χ0v) is 12.5. The highest BCUT2D eigenvalue weighted by molar-refractivity contribution is 5.83. The first kappa shape index (κ1) is 13.5. The van der Waals surface area contributed by atoms with Gasteiger partial charge in [0.25, 0.3) is 0 Å². The fourth-order valence-electron chi connectivity index (χ4n) is 4.18. The predicted octanol–water partition coefficient (Wildman–Crippen LogP) is 3.61. The maximum Gasteiger partial charge on any atom is 0.335 e. The number of carboxylic acids is 1. The molecule has 4 rings (SSSR count). The first-order chi connectivity index (χ1) is 10.6. The van der Waals surface area contributed by atoms with E-state index >= 15 is 0 Å².